The van der Waals surface area contributed by atoms with Crippen molar-refractivity contribution in [3.05, 3.63) is 47.8 Å². The molecular weight excluding hydrogens is 304 g/mol. The average molecular weight is 326 g/mol. The van der Waals surface area contributed by atoms with Gasteiger partial charge in [-0.05, 0) is 52.0 Å². The van der Waals surface area contributed by atoms with Gasteiger partial charge in [-0.15, -0.1) is 0 Å². The molecule has 0 aliphatic carbocycles. The van der Waals surface area contributed by atoms with Crippen LogP contribution in [0.5, 0.6) is 0 Å². The summed E-state index contributed by atoms with van der Waals surface area (Å²) in [6, 6.07) is 7.05. The van der Waals surface area contributed by atoms with Crippen LogP contribution in [0.1, 0.15) is 48.4 Å². The Bertz CT molecular complexity index is 643. The summed E-state index contributed by atoms with van der Waals surface area (Å²) in [6.07, 6.45) is 3.04. The van der Waals surface area contributed by atoms with E-state index < -0.39 is 0 Å². The van der Waals surface area contributed by atoms with Gasteiger partial charge in [-0.2, -0.15) is 0 Å². The molecular formula is C18H22N4O2. The lowest BCUT2D eigenvalue weighted by atomic mass is 10.1. The summed E-state index contributed by atoms with van der Waals surface area (Å²) in [4.78, 5) is 32.4. The van der Waals surface area contributed by atoms with E-state index in [1.807, 2.05) is 27.7 Å². The molecule has 0 radical (unpaired) electrons. The van der Waals surface area contributed by atoms with E-state index in [0.717, 1.165) is 0 Å². The topological polar surface area (TPSA) is 84.0 Å². The zero-order valence-electron chi connectivity index (χ0n) is 14.3. The maximum absolute atomic E-state index is 11.9. The van der Waals surface area contributed by atoms with Crippen molar-refractivity contribution in [2.75, 3.05) is 0 Å². The second-order valence-electron chi connectivity index (χ2n) is 6.12. The van der Waals surface area contributed by atoms with E-state index >= 15 is 0 Å². The molecule has 0 atom stereocenters. The van der Waals surface area contributed by atoms with Gasteiger partial charge in [0.1, 0.15) is 0 Å². The van der Waals surface area contributed by atoms with Crippen molar-refractivity contribution in [1.29, 1.82) is 0 Å². The predicted octanol–water partition coefficient (Wildman–Crippen LogP) is 2.42. The monoisotopic (exact) mass is 326 g/mol. The van der Waals surface area contributed by atoms with E-state index in [0.29, 0.717) is 22.5 Å². The van der Waals surface area contributed by atoms with Crippen LogP contribution in [0.4, 0.5) is 0 Å². The molecule has 2 amide bonds. The molecule has 0 fully saturated rings. The fraction of sp³-hybridized carbons (Fsp3) is 0.333. The van der Waals surface area contributed by atoms with Crippen molar-refractivity contribution >= 4 is 11.8 Å². The third-order valence-electron chi connectivity index (χ3n) is 3.15. The molecule has 0 unspecified atom stereocenters. The minimum absolute atomic E-state index is 0.0726. The van der Waals surface area contributed by atoms with Crippen LogP contribution >= 0.6 is 0 Å². The zero-order chi connectivity index (χ0) is 17.7. The van der Waals surface area contributed by atoms with Crippen molar-refractivity contribution in [2.45, 2.75) is 39.8 Å². The first-order valence-electron chi connectivity index (χ1n) is 7.91. The summed E-state index contributed by atoms with van der Waals surface area (Å²) in [5.41, 5.74) is 2.29. The van der Waals surface area contributed by atoms with Crippen molar-refractivity contribution in [3.8, 4) is 11.4 Å². The summed E-state index contributed by atoms with van der Waals surface area (Å²) >= 11 is 0. The van der Waals surface area contributed by atoms with Crippen LogP contribution in [-0.4, -0.2) is 33.9 Å². The van der Waals surface area contributed by atoms with Gasteiger partial charge in [0.2, 0.25) is 0 Å². The van der Waals surface area contributed by atoms with E-state index in [1.165, 1.54) is 12.4 Å². The molecule has 0 saturated heterocycles. The molecule has 2 aromatic heterocycles. The molecule has 0 saturated carbocycles. The standard InChI is InChI=1S/C18H22N4O2/c1-11(2)21-17(23)13-5-7-15(19-9-13)16-8-6-14(10-20-16)18(24)22-12(3)4/h5-12H,1-4H3,(H,21,23)(H,22,24). The van der Waals surface area contributed by atoms with Gasteiger partial charge in [-0.1, -0.05) is 0 Å². The quantitative estimate of drug-likeness (QED) is 0.884. The van der Waals surface area contributed by atoms with Gasteiger partial charge in [0.15, 0.2) is 0 Å². The third kappa shape index (κ3) is 4.62. The first-order valence-corrected chi connectivity index (χ1v) is 7.91. The lowest BCUT2D eigenvalue weighted by Crippen LogP contribution is -2.30. The molecule has 2 aromatic rings. The van der Waals surface area contributed by atoms with Crippen molar-refractivity contribution in [1.82, 2.24) is 20.6 Å². The molecule has 2 rings (SSSR count). The first-order chi connectivity index (χ1) is 11.4. The second kappa shape index (κ2) is 7.68. The van der Waals surface area contributed by atoms with Gasteiger partial charge in [0.25, 0.3) is 11.8 Å². The SMILES string of the molecule is CC(C)NC(=O)c1ccc(-c2ccc(C(=O)NC(C)C)cn2)nc1. The number of amides is 2. The Morgan fingerprint density at radius 3 is 1.38 bits per heavy atom. The highest BCUT2D eigenvalue weighted by Crippen LogP contribution is 2.15. The summed E-state index contributed by atoms with van der Waals surface area (Å²) in [6.45, 7) is 7.61. The Labute approximate surface area is 141 Å². The average Bonchev–Trinajstić information content (AvgIpc) is 2.54. The van der Waals surface area contributed by atoms with E-state index in [4.69, 9.17) is 0 Å². The number of nitrogens with zero attached hydrogens (tertiary/aromatic N) is 2. The highest BCUT2D eigenvalue weighted by molar-refractivity contribution is 5.95. The van der Waals surface area contributed by atoms with Crippen LogP contribution in [0.2, 0.25) is 0 Å². The number of carbonyl (C=O) groups is 2. The fourth-order valence-electron chi connectivity index (χ4n) is 2.05. The molecule has 2 N–H and O–H groups in total. The molecule has 6 nitrogen and oxygen atoms in total. The Morgan fingerprint density at radius 2 is 1.12 bits per heavy atom. The van der Waals surface area contributed by atoms with Crippen LogP contribution in [0, 0.1) is 0 Å². The molecule has 126 valence electrons. The third-order valence-corrected chi connectivity index (χ3v) is 3.15. The number of hydrogen-bond acceptors (Lipinski definition) is 4. The lowest BCUT2D eigenvalue weighted by molar-refractivity contribution is 0.0934. The molecule has 0 aliphatic rings. The maximum atomic E-state index is 11.9. The van der Waals surface area contributed by atoms with Crippen molar-refractivity contribution in [3.63, 3.8) is 0 Å². The van der Waals surface area contributed by atoms with Gasteiger partial charge in [0.05, 0.1) is 22.5 Å². The Morgan fingerprint density at radius 1 is 0.750 bits per heavy atom. The fourth-order valence-corrected chi connectivity index (χ4v) is 2.05. The largest absolute Gasteiger partial charge is 0.350 e. The number of aromatic nitrogens is 2. The van der Waals surface area contributed by atoms with E-state index in [2.05, 4.69) is 20.6 Å². The summed E-state index contributed by atoms with van der Waals surface area (Å²) < 4.78 is 0. The zero-order valence-corrected chi connectivity index (χ0v) is 14.3. The Kier molecular flexibility index (Phi) is 5.63. The van der Waals surface area contributed by atoms with Crippen molar-refractivity contribution in [2.24, 2.45) is 0 Å². The van der Waals surface area contributed by atoms with Gasteiger partial charge in [-0.3, -0.25) is 19.6 Å². The normalized spacial score (nSPS) is 10.8. The number of hydrogen-bond donors (Lipinski definition) is 2. The molecule has 0 spiro atoms. The summed E-state index contributed by atoms with van der Waals surface area (Å²) in [5.74, 6) is -0.310. The van der Waals surface area contributed by atoms with Crippen LogP contribution in [0.3, 0.4) is 0 Å². The number of rotatable bonds is 5. The molecule has 6 heteroatoms. The molecule has 2 heterocycles. The molecule has 24 heavy (non-hydrogen) atoms. The molecule has 0 aromatic carbocycles. The van der Waals surface area contributed by atoms with Crippen LogP contribution < -0.4 is 10.6 Å². The van der Waals surface area contributed by atoms with E-state index in [1.54, 1.807) is 24.3 Å². The second-order valence-corrected chi connectivity index (χ2v) is 6.12. The Hall–Kier alpha value is -2.76. The first kappa shape index (κ1) is 17.6. The Balaban J connectivity index is 2.12. The van der Waals surface area contributed by atoms with Gasteiger partial charge < -0.3 is 10.6 Å². The maximum Gasteiger partial charge on any atom is 0.253 e. The van der Waals surface area contributed by atoms with Gasteiger partial charge in [-0.25, -0.2) is 0 Å². The van der Waals surface area contributed by atoms with Gasteiger partial charge >= 0.3 is 0 Å². The minimum atomic E-state index is -0.155. The van der Waals surface area contributed by atoms with Crippen LogP contribution in [0.15, 0.2) is 36.7 Å². The number of nitrogens with one attached hydrogen (secondary N) is 2. The highest BCUT2D eigenvalue weighted by atomic mass is 16.2. The predicted molar refractivity (Wildman–Crippen MR) is 92.7 cm³/mol. The van der Waals surface area contributed by atoms with Crippen LogP contribution in [-0.2, 0) is 0 Å². The highest BCUT2D eigenvalue weighted by Gasteiger charge is 2.10. The number of pyridine rings is 2. The summed E-state index contributed by atoms with van der Waals surface area (Å²) in [5, 5.41) is 5.63. The van der Waals surface area contributed by atoms with Crippen LogP contribution in [0.25, 0.3) is 11.4 Å². The van der Waals surface area contributed by atoms with E-state index in [-0.39, 0.29) is 23.9 Å². The minimum Gasteiger partial charge on any atom is -0.350 e. The molecule has 0 aliphatic heterocycles. The molecule has 0 bridgehead atoms. The lowest BCUT2D eigenvalue weighted by Gasteiger charge is -2.09. The van der Waals surface area contributed by atoms with E-state index in [9.17, 15) is 9.59 Å². The smallest absolute Gasteiger partial charge is 0.253 e. The summed E-state index contributed by atoms with van der Waals surface area (Å²) in [7, 11) is 0. The van der Waals surface area contributed by atoms with Gasteiger partial charge in [0, 0.05) is 24.5 Å². The number of carbonyl (C=O) groups excluding carboxylic acids is 2. The van der Waals surface area contributed by atoms with Crippen molar-refractivity contribution < 1.29 is 9.59 Å².